The number of nitro benzene ring substituents is 1. The molecule has 1 unspecified atom stereocenters. The Morgan fingerprint density at radius 1 is 1.08 bits per heavy atom. The van der Waals surface area contributed by atoms with E-state index in [2.05, 4.69) is 9.68 Å². The molecule has 0 aliphatic rings. The van der Waals surface area contributed by atoms with E-state index in [9.17, 15) is 35.1 Å². The number of esters is 1. The van der Waals surface area contributed by atoms with Crippen molar-refractivity contribution in [1.29, 1.82) is 0 Å². The monoisotopic (exact) mass is 373 g/mol. The van der Waals surface area contributed by atoms with E-state index in [1.165, 1.54) is 13.8 Å². The highest BCUT2D eigenvalue weighted by atomic mass is 17.0. The van der Waals surface area contributed by atoms with Crippen LogP contribution in [0.5, 0.6) is 0 Å². The van der Waals surface area contributed by atoms with Crippen molar-refractivity contribution >= 4 is 11.7 Å². The number of hydrogen-bond acceptors (Lipinski definition) is 10. The van der Waals surface area contributed by atoms with Crippen LogP contribution in [0.4, 0.5) is 5.69 Å². The number of ether oxygens (including phenoxy) is 1. The normalized spacial score (nSPS) is 11.9. The minimum atomic E-state index is -1.35. The lowest BCUT2D eigenvalue weighted by Crippen LogP contribution is -2.41. The fourth-order valence-corrected chi connectivity index (χ4v) is 1.77. The van der Waals surface area contributed by atoms with Crippen LogP contribution in [0.3, 0.4) is 0 Å². The van der Waals surface area contributed by atoms with Crippen molar-refractivity contribution < 1.29 is 34.3 Å². The van der Waals surface area contributed by atoms with Crippen LogP contribution >= 0.6 is 0 Å². The second-order valence-corrected chi connectivity index (χ2v) is 5.71. The first kappa shape index (κ1) is 20.5. The molecule has 1 rings (SSSR count). The summed E-state index contributed by atoms with van der Waals surface area (Å²) in [6.07, 6.45) is -1.35. The molecule has 13 heteroatoms. The second-order valence-electron chi connectivity index (χ2n) is 5.71. The molecule has 1 aromatic rings. The number of rotatable bonds is 10. The minimum Gasteiger partial charge on any atom is -0.460 e. The molecule has 13 nitrogen and oxygen atoms in total. The zero-order chi connectivity index (χ0) is 19.9. The maximum atomic E-state index is 12.0. The molecular formula is C13H15N3O10. The van der Waals surface area contributed by atoms with Crippen LogP contribution in [0.25, 0.3) is 0 Å². The van der Waals surface area contributed by atoms with Gasteiger partial charge in [0.15, 0.2) is 0 Å². The first-order valence-corrected chi connectivity index (χ1v) is 7.03. The van der Waals surface area contributed by atoms with Crippen molar-refractivity contribution in [3.63, 3.8) is 0 Å². The summed E-state index contributed by atoms with van der Waals surface area (Å²) in [6, 6.07) is 4.50. The molecule has 1 aromatic carbocycles. The van der Waals surface area contributed by atoms with Crippen LogP contribution in [0.15, 0.2) is 24.3 Å². The van der Waals surface area contributed by atoms with E-state index in [4.69, 9.17) is 4.74 Å². The zero-order valence-electron chi connectivity index (χ0n) is 13.7. The molecule has 26 heavy (non-hydrogen) atoms. The first-order chi connectivity index (χ1) is 12.0. The lowest BCUT2D eigenvalue weighted by atomic mass is 9.88. The van der Waals surface area contributed by atoms with Gasteiger partial charge in [-0.15, -0.1) is 20.2 Å². The second kappa shape index (κ2) is 8.55. The molecule has 0 fully saturated rings. The van der Waals surface area contributed by atoms with Crippen LogP contribution in [0.2, 0.25) is 0 Å². The number of nitrogens with zero attached hydrogens (tertiary/aromatic N) is 3. The fourth-order valence-electron chi connectivity index (χ4n) is 1.77. The quantitative estimate of drug-likeness (QED) is 0.332. The zero-order valence-corrected chi connectivity index (χ0v) is 13.7. The predicted molar refractivity (Wildman–Crippen MR) is 82.0 cm³/mol. The van der Waals surface area contributed by atoms with E-state index >= 15 is 0 Å². The number of carbonyl (C=O) groups excluding carboxylic acids is 1. The highest BCUT2D eigenvalue weighted by Gasteiger charge is 2.35. The molecule has 0 amide bonds. The van der Waals surface area contributed by atoms with Crippen LogP contribution in [0, 0.1) is 35.8 Å². The molecule has 0 saturated heterocycles. The third-order valence-electron chi connectivity index (χ3n) is 3.31. The topological polar surface area (TPSA) is 174 Å². The van der Waals surface area contributed by atoms with Gasteiger partial charge in [0.1, 0.15) is 19.3 Å². The summed E-state index contributed by atoms with van der Waals surface area (Å²) in [6.45, 7) is 1.66. The van der Waals surface area contributed by atoms with Gasteiger partial charge in [-0.25, -0.2) is 4.79 Å². The van der Waals surface area contributed by atoms with Gasteiger partial charge < -0.3 is 14.4 Å². The Bertz CT molecular complexity index is 688. The molecule has 0 radical (unpaired) electrons. The van der Waals surface area contributed by atoms with Crippen LogP contribution < -0.4 is 0 Å². The highest BCUT2D eigenvalue weighted by molar-refractivity contribution is 5.89. The summed E-state index contributed by atoms with van der Waals surface area (Å²) in [7, 11) is 0. The summed E-state index contributed by atoms with van der Waals surface area (Å²) < 4.78 is 4.92. The van der Waals surface area contributed by atoms with Crippen molar-refractivity contribution in [2.45, 2.75) is 20.0 Å². The average Bonchev–Trinajstić information content (AvgIpc) is 2.56. The summed E-state index contributed by atoms with van der Waals surface area (Å²) in [5.74, 6) is -0.900. The van der Waals surface area contributed by atoms with E-state index in [0.29, 0.717) is 0 Å². The van der Waals surface area contributed by atoms with E-state index in [1.54, 1.807) is 0 Å². The van der Waals surface area contributed by atoms with Gasteiger partial charge in [0.05, 0.1) is 10.5 Å². The molecular weight excluding hydrogens is 358 g/mol. The number of hydrogen-bond donors (Lipinski definition) is 0. The third-order valence-corrected chi connectivity index (χ3v) is 3.31. The largest absolute Gasteiger partial charge is 0.460 e. The lowest BCUT2D eigenvalue weighted by Gasteiger charge is -2.30. The summed E-state index contributed by atoms with van der Waals surface area (Å²) in [5.41, 5.74) is -1.49. The SMILES string of the molecule is CC(C)(CO[N+](=O)[O-])C(COC(=O)c1ccc([N+](=O)[O-])cc1)O[N+](=O)[O-]. The van der Waals surface area contributed by atoms with Gasteiger partial charge in [0.2, 0.25) is 0 Å². The summed E-state index contributed by atoms with van der Waals surface area (Å²) in [4.78, 5) is 51.4. The van der Waals surface area contributed by atoms with Crippen LogP contribution in [-0.4, -0.2) is 40.4 Å². The molecule has 142 valence electrons. The lowest BCUT2D eigenvalue weighted by molar-refractivity contribution is -0.780. The van der Waals surface area contributed by atoms with Gasteiger partial charge in [0.25, 0.3) is 15.9 Å². The predicted octanol–water partition coefficient (Wildman–Crippen LogP) is 1.56. The number of nitro groups is 1. The van der Waals surface area contributed by atoms with Gasteiger partial charge in [-0.2, -0.15) is 0 Å². The molecule has 0 aliphatic carbocycles. The van der Waals surface area contributed by atoms with E-state index in [1.807, 2.05) is 0 Å². The maximum absolute atomic E-state index is 12.0. The van der Waals surface area contributed by atoms with Gasteiger partial charge in [-0.1, -0.05) is 13.8 Å². The van der Waals surface area contributed by atoms with Crippen LogP contribution in [0.1, 0.15) is 24.2 Å². The van der Waals surface area contributed by atoms with Gasteiger partial charge >= 0.3 is 5.97 Å². The van der Waals surface area contributed by atoms with Crippen molar-refractivity contribution in [2.24, 2.45) is 5.41 Å². The van der Waals surface area contributed by atoms with Gasteiger partial charge in [-0.3, -0.25) is 10.1 Å². The van der Waals surface area contributed by atoms with E-state index in [0.717, 1.165) is 24.3 Å². The molecule has 0 bridgehead atoms. The number of benzene rings is 1. The molecule has 0 saturated carbocycles. The Morgan fingerprint density at radius 2 is 1.65 bits per heavy atom. The average molecular weight is 373 g/mol. The Balaban J connectivity index is 2.78. The number of carbonyl (C=O) groups is 1. The maximum Gasteiger partial charge on any atom is 0.338 e. The highest BCUT2D eigenvalue weighted by Crippen LogP contribution is 2.25. The molecule has 1 atom stereocenters. The number of non-ortho nitro benzene ring substituents is 1. The third kappa shape index (κ3) is 6.18. The minimum absolute atomic E-state index is 0.0187. The van der Waals surface area contributed by atoms with E-state index in [-0.39, 0.29) is 11.3 Å². The van der Waals surface area contributed by atoms with Gasteiger partial charge in [-0.05, 0) is 12.1 Å². The Kier molecular flexibility index (Phi) is 6.75. The van der Waals surface area contributed by atoms with Crippen molar-refractivity contribution in [3.05, 3.63) is 60.2 Å². The smallest absolute Gasteiger partial charge is 0.338 e. The molecule has 0 N–H and O–H groups in total. The Labute approximate surface area is 145 Å². The molecule has 0 spiro atoms. The van der Waals surface area contributed by atoms with Gasteiger partial charge in [0, 0.05) is 17.5 Å². The summed E-state index contributed by atoms with van der Waals surface area (Å²) >= 11 is 0. The summed E-state index contributed by atoms with van der Waals surface area (Å²) in [5, 5.41) is 29.3. The van der Waals surface area contributed by atoms with Crippen molar-refractivity contribution in [3.8, 4) is 0 Å². The standard InChI is InChI=1S/C13H15N3O10/c1-13(2,8-25-15(20)21)11(26-16(22)23)7-24-12(17)9-3-5-10(6-4-9)14(18)19/h3-6,11H,7-8H2,1-2H3. The van der Waals surface area contributed by atoms with Crippen molar-refractivity contribution in [2.75, 3.05) is 13.2 Å². The van der Waals surface area contributed by atoms with E-state index < -0.39 is 45.8 Å². The molecule has 0 aliphatic heterocycles. The molecule has 0 aromatic heterocycles. The first-order valence-electron chi connectivity index (χ1n) is 7.03. The van der Waals surface area contributed by atoms with Crippen molar-refractivity contribution in [1.82, 2.24) is 0 Å². The van der Waals surface area contributed by atoms with Crippen LogP contribution in [-0.2, 0) is 14.4 Å². The Hall–Kier alpha value is -3.51. The molecule has 0 heterocycles. The fraction of sp³-hybridized carbons (Fsp3) is 0.462. The Morgan fingerprint density at radius 3 is 2.12 bits per heavy atom.